The zero-order chi connectivity index (χ0) is 6.85. The van der Waals surface area contributed by atoms with Gasteiger partial charge in [-0.2, -0.15) is 0 Å². The minimum atomic E-state index is 0.718. The van der Waals surface area contributed by atoms with E-state index in [0.29, 0.717) is 0 Å². The summed E-state index contributed by atoms with van der Waals surface area (Å²) in [6.45, 7) is 2.23. The molecule has 3 heteroatoms. The summed E-state index contributed by atoms with van der Waals surface area (Å²) in [5.74, 6) is 1.15. The van der Waals surface area contributed by atoms with Crippen molar-refractivity contribution in [3.63, 3.8) is 0 Å². The third kappa shape index (κ3) is 1.39. The summed E-state index contributed by atoms with van der Waals surface area (Å²) in [4.78, 5) is 0. The molecule has 0 radical (unpaired) electrons. The Morgan fingerprint density at radius 1 is 1.56 bits per heavy atom. The molecule has 9 heavy (non-hydrogen) atoms. The van der Waals surface area contributed by atoms with E-state index in [1.54, 1.807) is 0 Å². The Bertz CT molecular complexity index is 97.1. The van der Waals surface area contributed by atoms with Gasteiger partial charge >= 0.3 is 0 Å². The molecule has 1 heterocycles. The standard InChI is InChI=1S/C6H14N2S/c1-4-6-8(3)7(2)5-9-6/h6H,4-5H2,1-3H3. The van der Waals surface area contributed by atoms with Gasteiger partial charge in [0.2, 0.25) is 0 Å². The van der Waals surface area contributed by atoms with Crippen molar-refractivity contribution in [2.75, 3.05) is 20.0 Å². The summed E-state index contributed by atoms with van der Waals surface area (Å²) in [6.07, 6.45) is 1.24. The van der Waals surface area contributed by atoms with Crippen molar-refractivity contribution in [1.82, 2.24) is 10.0 Å². The number of nitrogens with zero attached hydrogens (tertiary/aromatic N) is 2. The van der Waals surface area contributed by atoms with Gasteiger partial charge in [0.05, 0.1) is 11.3 Å². The second kappa shape index (κ2) is 2.90. The maximum atomic E-state index is 2.30. The molecule has 0 N–H and O–H groups in total. The molecule has 1 unspecified atom stereocenters. The van der Waals surface area contributed by atoms with Gasteiger partial charge in [-0.15, -0.1) is 11.8 Å². The molecule has 2 nitrogen and oxygen atoms in total. The molecule has 0 aromatic heterocycles. The third-order valence-corrected chi connectivity index (χ3v) is 3.30. The van der Waals surface area contributed by atoms with Crippen LogP contribution < -0.4 is 0 Å². The zero-order valence-electron chi connectivity index (χ0n) is 6.29. The minimum absolute atomic E-state index is 0.718. The van der Waals surface area contributed by atoms with Crippen LogP contribution >= 0.6 is 11.8 Å². The molecule has 54 valence electrons. The van der Waals surface area contributed by atoms with Gasteiger partial charge in [0.1, 0.15) is 0 Å². The van der Waals surface area contributed by atoms with Gasteiger partial charge in [-0.1, -0.05) is 6.92 Å². The van der Waals surface area contributed by atoms with Crippen LogP contribution in [0.5, 0.6) is 0 Å². The molecule has 0 amide bonds. The Kier molecular flexibility index (Phi) is 2.38. The molecule has 0 spiro atoms. The molecule has 0 aliphatic carbocycles. The minimum Gasteiger partial charge on any atom is -0.234 e. The van der Waals surface area contributed by atoms with E-state index in [9.17, 15) is 0 Å². The van der Waals surface area contributed by atoms with Crippen LogP contribution in [-0.4, -0.2) is 35.4 Å². The molecule has 0 saturated carbocycles. The fraction of sp³-hybridized carbons (Fsp3) is 1.00. The fourth-order valence-corrected chi connectivity index (χ4v) is 2.18. The monoisotopic (exact) mass is 146 g/mol. The lowest BCUT2D eigenvalue weighted by atomic mass is 10.5. The highest BCUT2D eigenvalue weighted by Crippen LogP contribution is 2.26. The van der Waals surface area contributed by atoms with Crippen LogP contribution in [0, 0.1) is 0 Å². The lowest BCUT2D eigenvalue weighted by Crippen LogP contribution is -2.34. The topological polar surface area (TPSA) is 6.48 Å². The van der Waals surface area contributed by atoms with Crippen LogP contribution in [0.2, 0.25) is 0 Å². The van der Waals surface area contributed by atoms with Crippen molar-refractivity contribution in [1.29, 1.82) is 0 Å². The molecular weight excluding hydrogens is 132 g/mol. The van der Waals surface area contributed by atoms with E-state index in [2.05, 4.69) is 31.0 Å². The van der Waals surface area contributed by atoms with Crippen molar-refractivity contribution in [3.8, 4) is 0 Å². The summed E-state index contributed by atoms with van der Waals surface area (Å²) >= 11 is 2.01. The highest BCUT2D eigenvalue weighted by molar-refractivity contribution is 7.99. The molecule has 0 aromatic carbocycles. The van der Waals surface area contributed by atoms with Crippen LogP contribution in [0.4, 0.5) is 0 Å². The number of hydrogen-bond donors (Lipinski definition) is 0. The van der Waals surface area contributed by atoms with E-state index in [1.807, 2.05) is 11.8 Å². The number of hydrazine groups is 1. The van der Waals surface area contributed by atoms with Gasteiger partial charge in [-0.05, 0) is 6.42 Å². The van der Waals surface area contributed by atoms with E-state index >= 15 is 0 Å². The highest BCUT2D eigenvalue weighted by atomic mass is 32.2. The van der Waals surface area contributed by atoms with Crippen molar-refractivity contribution in [2.45, 2.75) is 18.7 Å². The zero-order valence-corrected chi connectivity index (χ0v) is 7.11. The van der Waals surface area contributed by atoms with E-state index in [1.165, 1.54) is 6.42 Å². The molecule has 1 atom stereocenters. The number of rotatable bonds is 1. The Balaban J connectivity index is 2.41. The van der Waals surface area contributed by atoms with Gasteiger partial charge in [0, 0.05) is 14.1 Å². The van der Waals surface area contributed by atoms with E-state index in [0.717, 1.165) is 11.3 Å². The largest absolute Gasteiger partial charge is 0.234 e. The van der Waals surface area contributed by atoms with Crippen molar-refractivity contribution >= 4 is 11.8 Å². The first-order valence-corrected chi connectivity index (χ1v) is 4.36. The second-order valence-corrected chi connectivity index (χ2v) is 3.53. The van der Waals surface area contributed by atoms with Gasteiger partial charge < -0.3 is 0 Å². The maximum absolute atomic E-state index is 2.30. The van der Waals surface area contributed by atoms with Crippen LogP contribution in [0.25, 0.3) is 0 Å². The molecule has 1 aliphatic heterocycles. The molecular formula is C6H14N2S. The second-order valence-electron chi connectivity index (χ2n) is 2.39. The van der Waals surface area contributed by atoms with Crippen molar-refractivity contribution in [3.05, 3.63) is 0 Å². The summed E-state index contributed by atoms with van der Waals surface area (Å²) in [5, 5.41) is 5.26. The third-order valence-electron chi connectivity index (χ3n) is 1.76. The van der Waals surface area contributed by atoms with Crippen LogP contribution in [0.15, 0.2) is 0 Å². The van der Waals surface area contributed by atoms with Gasteiger partial charge in [0.15, 0.2) is 0 Å². The lowest BCUT2D eigenvalue weighted by Gasteiger charge is -2.22. The molecule has 0 bridgehead atoms. The van der Waals surface area contributed by atoms with Gasteiger partial charge in [-0.25, -0.2) is 10.0 Å². The van der Waals surface area contributed by atoms with Crippen LogP contribution in [0.1, 0.15) is 13.3 Å². The quantitative estimate of drug-likeness (QED) is 0.549. The fourth-order valence-electron chi connectivity index (χ4n) is 0.995. The summed E-state index contributed by atoms with van der Waals surface area (Å²) in [6, 6.07) is 0. The van der Waals surface area contributed by atoms with E-state index < -0.39 is 0 Å². The SMILES string of the molecule is CCC1SCN(C)N1C. The predicted octanol–water partition coefficient (Wildman–Crippen LogP) is 1.21. The predicted molar refractivity (Wildman–Crippen MR) is 42.1 cm³/mol. The Morgan fingerprint density at radius 3 is 2.44 bits per heavy atom. The Hall–Kier alpha value is 0.270. The lowest BCUT2D eigenvalue weighted by molar-refractivity contribution is 0.0541. The average Bonchev–Trinajstić information content (AvgIpc) is 2.15. The molecule has 1 rings (SSSR count). The van der Waals surface area contributed by atoms with E-state index in [-0.39, 0.29) is 0 Å². The Morgan fingerprint density at radius 2 is 2.22 bits per heavy atom. The first-order chi connectivity index (χ1) is 4.25. The average molecular weight is 146 g/mol. The van der Waals surface area contributed by atoms with Crippen molar-refractivity contribution in [2.24, 2.45) is 0 Å². The maximum Gasteiger partial charge on any atom is 0.0706 e. The first-order valence-electron chi connectivity index (χ1n) is 3.31. The van der Waals surface area contributed by atoms with Gasteiger partial charge in [-0.3, -0.25) is 0 Å². The molecule has 1 aliphatic rings. The number of hydrogen-bond acceptors (Lipinski definition) is 3. The van der Waals surface area contributed by atoms with Crippen molar-refractivity contribution < 1.29 is 0 Å². The summed E-state index contributed by atoms with van der Waals surface area (Å²) in [5.41, 5.74) is 0. The van der Waals surface area contributed by atoms with Crippen LogP contribution in [-0.2, 0) is 0 Å². The Labute approximate surface area is 61.2 Å². The molecule has 1 saturated heterocycles. The van der Waals surface area contributed by atoms with E-state index in [4.69, 9.17) is 0 Å². The first kappa shape index (κ1) is 7.38. The summed E-state index contributed by atoms with van der Waals surface area (Å²) in [7, 11) is 4.27. The molecule has 0 aromatic rings. The van der Waals surface area contributed by atoms with Crippen LogP contribution in [0.3, 0.4) is 0 Å². The normalized spacial score (nSPS) is 31.7. The number of thioether (sulfide) groups is 1. The smallest absolute Gasteiger partial charge is 0.0706 e. The molecule has 1 fully saturated rings. The highest BCUT2D eigenvalue weighted by Gasteiger charge is 2.23. The van der Waals surface area contributed by atoms with Gasteiger partial charge in [0.25, 0.3) is 0 Å². The summed E-state index contributed by atoms with van der Waals surface area (Å²) < 4.78 is 0.